The number of nitrogens with zero attached hydrogens (tertiary/aromatic N) is 5. The molecule has 3 aromatic heterocycles. The van der Waals surface area contributed by atoms with E-state index in [1.54, 1.807) is 6.20 Å². The van der Waals surface area contributed by atoms with Crippen LogP contribution in [0.1, 0.15) is 75.2 Å². The van der Waals surface area contributed by atoms with Crippen molar-refractivity contribution in [2.45, 2.75) is 67.0 Å². The van der Waals surface area contributed by atoms with Gasteiger partial charge in [0, 0.05) is 65.0 Å². The van der Waals surface area contributed by atoms with Crippen LogP contribution in [0.5, 0.6) is 5.75 Å². The van der Waals surface area contributed by atoms with Crippen molar-refractivity contribution in [1.82, 2.24) is 18.9 Å². The van der Waals surface area contributed by atoms with Gasteiger partial charge in [-0.15, -0.1) is 0 Å². The fourth-order valence-corrected chi connectivity index (χ4v) is 8.27. The predicted molar refractivity (Wildman–Crippen MR) is 204 cm³/mol. The number of fused-ring (bicyclic) bond motifs is 4. The Kier molecular flexibility index (Phi) is 8.92. The molecule has 0 aliphatic carbocycles. The Morgan fingerprint density at radius 3 is 2.39 bits per heavy atom. The number of aryl methyl sites for hydroxylation is 6. The molecular weight excluding hydrogens is 685 g/mol. The van der Waals surface area contributed by atoms with Gasteiger partial charge in [-0.1, -0.05) is 41.4 Å². The van der Waals surface area contributed by atoms with Crippen molar-refractivity contribution >= 4 is 62.6 Å². The zero-order valence-electron chi connectivity index (χ0n) is 29.9. The number of hydrogen-bond donors (Lipinski definition) is 1. The summed E-state index contributed by atoms with van der Waals surface area (Å²) in [6.07, 6.45) is 2.91. The monoisotopic (exact) mass is 725 g/mol. The van der Waals surface area contributed by atoms with Crippen molar-refractivity contribution < 1.29 is 19.4 Å². The molecule has 51 heavy (non-hydrogen) atoms. The van der Waals surface area contributed by atoms with Crippen LogP contribution in [0.2, 0.25) is 10.0 Å². The minimum atomic E-state index is -0.998. The van der Waals surface area contributed by atoms with E-state index in [2.05, 4.69) is 11.5 Å². The van der Waals surface area contributed by atoms with E-state index in [1.165, 1.54) is 0 Å². The number of hydrogen-bond acceptors (Lipinski definition) is 4. The van der Waals surface area contributed by atoms with Crippen LogP contribution in [0.4, 0.5) is 5.69 Å². The lowest BCUT2D eigenvalue weighted by molar-refractivity contribution is 0.0698. The van der Waals surface area contributed by atoms with E-state index in [0.29, 0.717) is 54.3 Å². The van der Waals surface area contributed by atoms with Crippen LogP contribution in [0.3, 0.4) is 0 Å². The molecule has 7 rings (SSSR count). The summed E-state index contributed by atoms with van der Waals surface area (Å²) in [7, 11) is 1.93. The van der Waals surface area contributed by atoms with Crippen molar-refractivity contribution in [1.29, 1.82) is 0 Å². The molecule has 0 unspecified atom stereocenters. The first-order valence-corrected chi connectivity index (χ1v) is 18.0. The largest absolute Gasteiger partial charge is 0.494 e. The SMILES string of the molecule is CCn1cc(C(=O)O)c2cccc(N3C[C@@H](C)n4c(c(CCCOc5cc(C)c(Cl)c(C)c5)c5ccc(Cl)c(-c6c(C)nn(C)c6C)c54)C3=O)c21. The molecule has 3 aromatic carbocycles. The predicted octanol–water partition coefficient (Wildman–Crippen LogP) is 9.49. The molecule has 4 heterocycles. The van der Waals surface area contributed by atoms with Crippen molar-refractivity contribution in [3.63, 3.8) is 0 Å². The third-order valence-corrected chi connectivity index (χ3v) is 11.2. The first kappa shape index (κ1) is 34.7. The van der Waals surface area contributed by atoms with Crippen molar-refractivity contribution in [2.24, 2.45) is 7.05 Å². The van der Waals surface area contributed by atoms with Gasteiger partial charge in [0.2, 0.25) is 0 Å². The molecule has 264 valence electrons. The summed E-state index contributed by atoms with van der Waals surface area (Å²) in [5, 5.41) is 17.6. The summed E-state index contributed by atoms with van der Waals surface area (Å²) in [5.74, 6) is -0.376. The van der Waals surface area contributed by atoms with Gasteiger partial charge in [-0.25, -0.2) is 4.79 Å². The molecule has 0 fully saturated rings. The second-order valence-electron chi connectivity index (χ2n) is 13.6. The standard InChI is InChI=1S/C40H41Cl2N5O4/c1-8-45-20-30(40(49)50)28-11-9-13-32(36(28)45)46-19-23(4)47-37-29(14-15-31(41)34(37)33-24(5)43-44(7)25(33)6)27(38(47)39(46)48)12-10-16-51-26-17-21(2)35(42)22(3)18-26/h9,11,13-15,17-18,20,23H,8,10,12,16,19H2,1-7H3,(H,49,50)/t23-/m1/s1. The highest BCUT2D eigenvalue weighted by molar-refractivity contribution is 6.35. The van der Waals surface area contributed by atoms with Gasteiger partial charge in [0.1, 0.15) is 11.4 Å². The Morgan fingerprint density at radius 2 is 1.75 bits per heavy atom. The van der Waals surface area contributed by atoms with Crippen molar-refractivity contribution in [3.8, 4) is 16.9 Å². The van der Waals surface area contributed by atoms with Gasteiger partial charge in [0.05, 0.1) is 39.6 Å². The number of rotatable bonds is 9. The molecule has 1 atom stereocenters. The van der Waals surface area contributed by atoms with Crippen molar-refractivity contribution in [2.75, 3.05) is 18.1 Å². The highest BCUT2D eigenvalue weighted by Gasteiger charge is 2.37. The van der Waals surface area contributed by atoms with Crippen LogP contribution in [-0.2, 0) is 20.0 Å². The number of aromatic nitrogens is 4. The fourth-order valence-electron chi connectivity index (χ4n) is 7.92. The first-order valence-electron chi connectivity index (χ1n) is 17.3. The Balaban J connectivity index is 1.39. The number of carboxylic acids is 1. The number of para-hydroxylation sites is 1. The number of amides is 1. The molecule has 6 aromatic rings. The molecule has 0 radical (unpaired) electrons. The summed E-state index contributed by atoms with van der Waals surface area (Å²) >= 11 is 13.5. The summed E-state index contributed by atoms with van der Waals surface area (Å²) in [6, 6.07) is 13.3. The highest BCUT2D eigenvalue weighted by Crippen LogP contribution is 2.45. The number of carboxylic acid groups (broad SMARTS) is 1. The van der Waals surface area contributed by atoms with E-state index < -0.39 is 5.97 Å². The van der Waals surface area contributed by atoms with Gasteiger partial charge in [-0.05, 0) is 95.3 Å². The normalized spacial score (nSPS) is 14.6. The van der Waals surface area contributed by atoms with Crippen molar-refractivity contribution in [3.05, 3.63) is 98.0 Å². The maximum absolute atomic E-state index is 15.1. The molecule has 1 aliphatic heterocycles. The number of anilines is 1. The van der Waals surface area contributed by atoms with E-state index in [1.807, 2.05) is 98.3 Å². The van der Waals surface area contributed by atoms with E-state index in [-0.39, 0.29) is 17.5 Å². The summed E-state index contributed by atoms with van der Waals surface area (Å²) < 4.78 is 12.2. The molecule has 0 saturated heterocycles. The Morgan fingerprint density at radius 1 is 1.02 bits per heavy atom. The quantitative estimate of drug-likeness (QED) is 0.150. The van der Waals surface area contributed by atoms with Crippen LogP contribution < -0.4 is 9.64 Å². The first-order chi connectivity index (χ1) is 24.3. The van der Waals surface area contributed by atoms with Gasteiger partial charge in [-0.2, -0.15) is 5.10 Å². The van der Waals surface area contributed by atoms with Gasteiger partial charge in [0.25, 0.3) is 5.91 Å². The molecule has 9 nitrogen and oxygen atoms in total. The van der Waals surface area contributed by atoms with Gasteiger partial charge < -0.3 is 23.9 Å². The van der Waals surface area contributed by atoms with Gasteiger partial charge in [0.15, 0.2) is 0 Å². The number of carbonyl (C=O) groups is 2. The molecule has 1 N–H and O–H groups in total. The average Bonchev–Trinajstić information content (AvgIpc) is 3.72. The summed E-state index contributed by atoms with van der Waals surface area (Å²) in [4.78, 5) is 29.1. The summed E-state index contributed by atoms with van der Waals surface area (Å²) in [5.41, 5.74) is 9.70. The highest BCUT2D eigenvalue weighted by atomic mass is 35.5. The third kappa shape index (κ3) is 5.58. The number of aromatic carboxylic acids is 1. The number of benzene rings is 3. The molecule has 0 spiro atoms. The third-order valence-electron chi connectivity index (χ3n) is 10.3. The minimum Gasteiger partial charge on any atom is -0.494 e. The fraction of sp³-hybridized carbons (Fsp3) is 0.325. The molecule has 0 bridgehead atoms. The second kappa shape index (κ2) is 13.1. The molecule has 0 saturated carbocycles. The molecular formula is C40H41Cl2N5O4. The number of carbonyl (C=O) groups excluding carboxylic acids is 1. The zero-order valence-corrected chi connectivity index (χ0v) is 31.4. The Bertz CT molecular complexity index is 2380. The average molecular weight is 727 g/mol. The maximum Gasteiger partial charge on any atom is 0.337 e. The van der Waals surface area contributed by atoms with Crippen LogP contribution in [-0.4, -0.2) is 49.0 Å². The molecule has 11 heteroatoms. The number of ether oxygens (including phenoxy) is 1. The topological polar surface area (TPSA) is 94.5 Å². The summed E-state index contributed by atoms with van der Waals surface area (Å²) in [6.45, 7) is 13.4. The smallest absolute Gasteiger partial charge is 0.337 e. The lowest BCUT2D eigenvalue weighted by atomic mass is 9.98. The Labute approximate surface area is 306 Å². The van der Waals surface area contributed by atoms with E-state index in [0.717, 1.165) is 66.4 Å². The molecule has 1 amide bonds. The second-order valence-corrected chi connectivity index (χ2v) is 14.4. The van der Waals surface area contributed by atoms with Crippen LogP contribution in [0.15, 0.2) is 48.7 Å². The minimum absolute atomic E-state index is 0.140. The lowest BCUT2D eigenvalue weighted by Crippen LogP contribution is -2.43. The van der Waals surface area contributed by atoms with E-state index in [4.69, 9.17) is 33.0 Å². The maximum atomic E-state index is 15.1. The van der Waals surface area contributed by atoms with Crippen LogP contribution in [0, 0.1) is 27.7 Å². The van der Waals surface area contributed by atoms with Crippen LogP contribution in [0.25, 0.3) is 32.9 Å². The molecule has 1 aliphatic rings. The van der Waals surface area contributed by atoms with E-state index in [9.17, 15) is 9.90 Å². The zero-order chi connectivity index (χ0) is 36.5. The lowest BCUT2D eigenvalue weighted by Gasteiger charge is -2.35. The number of halogens is 2. The van der Waals surface area contributed by atoms with Gasteiger partial charge >= 0.3 is 5.97 Å². The van der Waals surface area contributed by atoms with E-state index >= 15 is 4.79 Å². The van der Waals surface area contributed by atoms with Crippen LogP contribution >= 0.6 is 23.2 Å². The van der Waals surface area contributed by atoms with Gasteiger partial charge in [-0.3, -0.25) is 9.48 Å². The Hall–Kier alpha value is -4.73.